The van der Waals surface area contributed by atoms with E-state index in [1.807, 2.05) is 0 Å². The molecular weight excluding hydrogens is 254 g/mol. The van der Waals surface area contributed by atoms with Gasteiger partial charge in [-0.15, -0.1) is 0 Å². The molecule has 0 bridgehead atoms. The van der Waals surface area contributed by atoms with Crippen LogP contribution in [0.25, 0.3) is 0 Å². The number of ether oxygens (including phenoxy) is 1. The fourth-order valence-corrected chi connectivity index (χ4v) is 1.71. The van der Waals surface area contributed by atoms with Crippen molar-refractivity contribution in [1.82, 2.24) is 0 Å². The molecule has 2 aromatic rings. The monoisotopic (exact) mass is 263 g/mol. The molecule has 0 radical (unpaired) electrons. The van der Waals surface area contributed by atoms with Crippen molar-refractivity contribution in [3.63, 3.8) is 0 Å². The summed E-state index contributed by atoms with van der Waals surface area (Å²) in [6.07, 6.45) is 0. The Labute approximate surface area is 109 Å². The van der Waals surface area contributed by atoms with Crippen LogP contribution in [-0.2, 0) is 6.61 Å². The second-order valence-corrected chi connectivity index (χ2v) is 4.07. The highest BCUT2D eigenvalue weighted by atomic mass is 35.5. The van der Waals surface area contributed by atoms with E-state index in [9.17, 15) is 10.1 Å². The summed E-state index contributed by atoms with van der Waals surface area (Å²) >= 11 is 5.82. The number of nitro groups is 1. The molecule has 0 amide bonds. The Morgan fingerprint density at radius 3 is 2.67 bits per heavy atom. The number of nitro benzene ring substituents is 1. The predicted octanol–water partition coefficient (Wildman–Crippen LogP) is 3.83. The topological polar surface area (TPSA) is 52.4 Å². The Bertz CT molecular complexity index is 572. The van der Waals surface area contributed by atoms with Crippen LogP contribution in [0.2, 0.25) is 5.02 Å². The zero-order chi connectivity index (χ0) is 13.0. The largest absolute Gasteiger partial charge is 0.489 e. The Balaban J connectivity index is 2.13. The van der Waals surface area contributed by atoms with Crippen molar-refractivity contribution < 1.29 is 9.66 Å². The maximum Gasteiger partial charge on any atom is 0.276 e. The third-order valence-corrected chi connectivity index (χ3v) is 2.61. The standard InChI is InChI=1S/C13H10ClNO3/c14-11-5-3-6-12(8-11)18-9-10-4-1-2-7-13(10)15(16)17/h1-8H,9H2. The van der Waals surface area contributed by atoms with Crippen molar-refractivity contribution in [1.29, 1.82) is 0 Å². The maximum atomic E-state index is 10.8. The lowest BCUT2D eigenvalue weighted by molar-refractivity contribution is -0.385. The van der Waals surface area contributed by atoms with E-state index in [4.69, 9.17) is 16.3 Å². The molecule has 0 atom stereocenters. The van der Waals surface area contributed by atoms with Crippen LogP contribution in [0.3, 0.4) is 0 Å². The minimum Gasteiger partial charge on any atom is -0.489 e. The third-order valence-electron chi connectivity index (χ3n) is 2.38. The van der Waals surface area contributed by atoms with Crippen molar-refractivity contribution in [2.45, 2.75) is 6.61 Å². The summed E-state index contributed by atoms with van der Waals surface area (Å²) in [7, 11) is 0. The lowest BCUT2D eigenvalue weighted by Gasteiger charge is -2.06. The lowest BCUT2D eigenvalue weighted by atomic mass is 10.2. The quantitative estimate of drug-likeness (QED) is 0.622. The average Bonchev–Trinajstić information content (AvgIpc) is 2.37. The van der Waals surface area contributed by atoms with Crippen LogP contribution in [0, 0.1) is 10.1 Å². The van der Waals surface area contributed by atoms with Gasteiger partial charge in [0.2, 0.25) is 0 Å². The van der Waals surface area contributed by atoms with Gasteiger partial charge >= 0.3 is 0 Å². The average molecular weight is 264 g/mol. The van der Waals surface area contributed by atoms with Crippen molar-refractivity contribution in [2.24, 2.45) is 0 Å². The first-order valence-electron chi connectivity index (χ1n) is 5.27. The third kappa shape index (κ3) is 2.99. The maximum absolute atomic E-state index is 10.8. The van der Waals surface area contributed by atoms with Gasteiger partial charge < -0.3 is 4.74 Å². The highest BCUT2D eigenvalue weighted by Crippen LogP contribution is 2.22. The number of hydrogen-bond acceptors (Lipinski definition) is 3. The van der Waals surface area contributed by atoms with Gasteiger partial charge in [0.15, 0.2) is 0 Å². The van der Waals surface area contributed by atoms with Crippen molar-refractivity contribution in [3.8, 4) is 5.75 Å². The van der Waals surface area contributed by atoms with Crippen LogP contribution in [0.15, 0.2) is 48.5 Å². The Morgan fingerprint density at radius 1 is 1.17 bits per heavy atom. The molecule has 0 N–H and O–H groups in total. The van der Waals surface area contributed by atoms with Crippen LogP contribution in [0.4, 0.5) is 5.69 Å². The number of para-hydroxylation sites is 1. The molecule has 0 saturated carbocycles. The summed E-state index contributed by atoms with van der Waals surface area (Å²) in [6, 6.07) is 13.4. The molecule has 92 valence electrons. The molecule has 0 aliphatic carbocycles. The lowest BCUT2D eigenvalue weighted by Crippen LogP contribution is -2.00. The molecular formula is C13H10ClNO3. The number of benzene rings is 2. The molecule has 0 unspecified atom stereocenters. The molecule has 0 fully saturated rings. The molecule has 5 heteroatoms. The predicted molar refractivity (Wildman–Crippen MR) is 68.9 cm³/mol. The van der Waals surface area contributed by atoms with Gasteiger partial charge in [-0.05, 0) is 24.3 Å². The molecule has 2 rings (SSSR count). The molecule has 18 heavy (non-hydrogen) atoms. The van der Waals surface area contributed by atoms with E-state index in [2.05, 4.69) is 0 Å². The number of nitrogens with zero attached hydrogens (tertiary/aromatic N) is 1. The van der Waals surface area contributed by atoms with Gasteiger partial charge in [-0.3, -0.25) is 10.1 Å². The van der Waals surface area contributed by atoms with Gasteiger partial charge in [0.25, 0.3) is 5.69 Å². The van der Waals surface area contributed by atoms with Crippen LogP contribution < -0.4 is 4.74 Å². The fraction of sp³-hybridized carbons (Fsp3) is 0.0769. The zero-order valence-electron chi connectivity index (χ0n) is 9.38. The van der Waals surface area contributed by atoms with E-state index in [-0.39, 0.29) is 12.3 Å². The second-order valence-electron chi connectivity index (χ2n) is 3.63. The molecule has 0 aromatic heterocycles. The van der Waals surface area contributed by atoms with Gasteiger partial charge in [-0.1, -0.05) is 29.8 Å². The van der Waals surface area contributed by atoms with Gasteiger partial charge in [-0.25, -0.2) is 0 Å². The summed E-state index contributed by atoms with van der Waals surface area (Å²) in [5.74, 6) is 0.584. The Kier molecular flexibility index (Phi) is 3.79. The number of hydrogen-bond donors (Lipinski definition) is 0. The van der Waals surface area contributed by atoms with Gasteiger partial charge in [-0.2, -0.15) is 0 Å². The summed E-state index contributed by atoms with van der Waals surface area (Å²) in [5, 5.41) is 11.4. The minimum atomic E-state index is -0.420. The number of halogens is 1. The van der Waals surface area contributed by atoms with Crippen molar-refractivity contribution in [3.05, 3.63) is 69.2 Å². The molecule has 4 nitrogen and oxygen atoms in total. The van der Waals surface area contributed by atoms with E-state index in [0.29, 0.717) is 16.3 Å². The first kappa shape index (κ1) is 12.4. The summed E-state index contributed by atoms with van der Waals surface area (Å²) in [6.45, 7) is 0.136. The smallest absolute Gasteiger partial charge is 0.276 e. The normalized spacial score (nSPS) is 10.1. The van der Waals surface area contributed by atoms with Gasteiger partial charge in [0.05, 0.1) is 10.5 Å². The number of rotatable bonds is 4. The highest BCUT2D eigenvalue weighted by Gasteiger charge is 2.12. The molecule has 0 spiro atoms. The van der Waals surface area contributed by atoms with E-state index < -0.39 is 4.92 Å². The van der Waals surface area contributed by atoms with Crippen LogP contribution in [-0.4, -0.2) is 4.92 Å². The van der Waals surface area contributed by atoms with Gasteiger partial charge in [0, 0.05) is 11.1 Å². The molecule has 0 saturated heterocycles. The van der Waals surface area contributed by atoms with Crippen LogP contribution in [0.5, 0.6) is 5.75 Å². The fourth-order valence-electron chi connectivity index (χ4n) is 1.53. The van der Waals surface area contributed by atoms with E-state index in [1.165, 1.54) is 6.07 Å². The zero-order valence-corrected chi connectivity index (χ0v) is 10.1. The molecule has 0 aliphatic heterocycles. The molecule has 2 aromatic carbocycles. The van der Waals surface area contributed by atoms with Crippen molar-refractivity contribution >= 4 is 17.3 Å². The minimum absolute atomic E-state index is 0.0551. The summed E-state index contributed by atoms with van der Waals surface area (Å²) in [5.41, 5.74) is 0.585. The van der Waals surface area contributed by atoms with Crippen molar-refractivity contribution in [2.75, 3.05) is 0 Å². The van der Waals surface area contributed by atoms with E-state index >= 15 is 0 Å². The SMILES string of the molecule is O=[N+]([O-])c1ccccc1COc1cccc(Cl)c1. The van der Waals surface area contributed by atoms with E-state index in [0.717, 1.165) is 0 Å². The second kappa shape index (κ2) is 5.51. The Hall–Kier alpha value is -2.07. The summed E-state index contributed by atoms with van der Waals surface area (Å²) in [4.78, 5) is 10.4. The first-order valence-corrected chi connectivity index (χ1v) is 5.65. The molecule has 0 heterocycles. The van der Waals surface area contributed by atoms with Gasteiger partial charge in [0.1, 0.15) is 12.4 Å². The first-order chi connectivity index (χ1) is 8.66. The molecule has 0 aliphatic rings. The Morgan fingerprint density at radius 2 is 1.94 bits per heavy atom. The summed E-state index contributed by atoms with van der Waals surface area (Å²) < 4.78 is 5.47. The van der Waals surface area contributed by atoms with Crippen LogP contribution in [0.1, 0.15) is 5.56 Å². The van der Waals surface area contributed by atoms with Crippen LogP contribution >= 0.6 is 11.6 Å². The highest BCUT2D eigenvalue weighted by molar-refractivity contribution is 6.30. The van der Waals surface area contributed by atoms with E-state index in [1.54, 1.807) is 42.5 Å².